The summed E-state index contributed by atoms with van der Waals surface area (Å²) in [6.45, 7) is 3.71. The zero-order valence-corrected chi connectivity index (χ0v) is 10.9. The van der Waals surface area contributed by atoms with Crippen LogP contribution in [0.25, 0.3) is 0 Å². The summed E-state index contributed by atoms with van der Waals surface area (Å²) in [4.78, 5) is 30.1. The van der Waals surface area contributed by atoms with Crippen LogP contribution in [-0.4, -0.2) is 38.4 Å². The van der Waals surface area contributed by atoms with Crippen LogP contribution in [0.15, 0.2) is 10.9 Å². The Balaban J connectivity index is 1.87. The van der Waals surface area contributed by atoms with E-state index in [1.165, 1.54) is 11.3 Å². The van der Waals surface area contributed by atoms with Crippen LogP contribution in [0.5, 0.6) is 0 Å². The van der Waals surface area contributed by atoms with Crippen molar-refractivity contribution < 1.29 is 14.1 Å². The molecule has 0 bridgehead atoms. The summed E-state index contributed by atoms with van der Waals surface area (Å²) in [5.74, 6) is 0.460. The summed E-state index contributed by atoms with van der Waals surface area (Å²) in [6, 6.07) is -0.516. The highest BCUT2D eigenvalue weighted by Crippen LogP contribution is 2.42. The lowest BCUT2D eigenvalue weighted by atomic mass is 9.89. The number of hydrogen-bond acceptors (Lipinski definition) is 5. The van der Waals surface area contributed by atoms with Crippen molar-refractivity contribution in [1.82, 2.24) is 20.4 Å². The average molecular weight is 264 g/mol. The highest BCUT2D eigenvalue weighted by Gasteiger charge is 2.54. The van der Waals surface area contributed by atoms with Gasteiger partial charge in [0.2, 0.25) is 18.2 Å². The fourth-order valence-electron chi connectivity index (χ4n) is 2.59. The minimum atomic E-state index is -0.784. The molecule has 1 aromatic rings. The van der Waals surface area contributed by atoms with E-state index in [-0.39, 0.29) is 24.3 Å². The molecule has 1 saturated carbocycles. The number of carbonyl (C=O) groups is 2. The molecule has 2 unspecified atom stereocenters. The molecule has 2 aliphatic rings. The molecule has 3 rings (SSSR count). The Hall–Kier alpha value is -1.92. The van der Waals surface area contributed by atoms with Crippen molar-refractivity contribution in [3.63, 3.8) is 0 Å². The van der Waals surface area contributed by atoms with Crippen LogP contribution in [0, 0.1) is 5.92 Å². The van der Waals surface area contributed by atoms with Gasteiger partial charge < -0.3 is 14.7 Å². The van der Waals surface area contributed by atoms with Crippen molar-refractivity contribution in [2.24, 2.45) is 5.92 Å². The van der Waals surface area contributed by atoms with E-state index in [4.69, 9.17) is 0 Å². The largest absolute Gasteiger partial charge is 0.343 e. The van der Waals surface area contributed by atoms with Crippen molar-refractivity contribution in [2.45, 2.75) is 44.8 Å². The minimum Gasteiger partial charge on any atom is -0.343 e. The quantitative estimate of drug-likeness (QED) is 0.835. The molecule has 2 fully saturated rings. The molecule has 7 heteroatoms. The molecule has 1 N–H and O–H groups in total. The molecule has 0 spiro atoms. The van der Waals surface area contributed by atoms with Gasteiger partial charge in [0.25, 0.3) is 0 Å². The molecule has 0 radical (unpaired) electrons. The first-order valence-electron chi connectivity index (χ1n) is 6.40. The zero-order valence-electron chi connectivity index (χ0n) is 10.9. The fourth-order valence-corrected chi connectivity index (χ4v) is 2.59. The molecule has 2 amide bonds. The Morgan fingerprint density at radius 2 is 2.26 bits per heavy atom. The van der Waals surface area contributed by atoms with Gasteiger partial charge in [-0.3, -0.25) is 9.59 Å². The van der Waals surface area contributed by atoms with Gasteiger partial charge in [-0.1, -0.05) is 5.16 Å². The lowest BCUT2D eigenvalue weighted by Crippen LogP contribution is -2.69. The van der Waals surface area contributed by atoms with E-state index in [0.29, 0.717) is 5.82 Å². The number of piperazine rings is 1. The molecule has 1 aromatic heterocycles. The van der Waals surface area contributed by atoms with E-state index < -0.39 is 11.6 Å². The lowest BCUT2D eigenvalue weighted by molar-refractivity contribution is -0.155. The monoisotopic (exact) mass is 264 g/mol. The van der Waals surface area contributed by atoms with Crippen LogP contribution in [0.2, 0.25) is 0 Å². The highest BCUT2D eigenvalue weighted by atomic mass is 16.5. The van der Waals surface area contributed by atoms with Crippen LogP contribution >= 0.6 is 0 Å². The molecule has 1 aliphatic carbocycles. The maximum atomic E-state index is 12.6. The van der Waals surface area contributed by atoms with Crippen LogP contribution in [-0.2, 0) is 16.1 Å². The zero-order chi connectivity index (χ0) is 13.6. The van der Waals surface area contributed by atoms with Gasteiger partial charge in [0.05, 0.1) is 6.54 Å². The third-order valence-corrected chi connectivity index (χ3v) is 4.05. The van der Waals surface area contributed by atoms with Gasteiger partial charge in [0, 0.05) is 0 Å². The van der Waals surface area contributed by atoms with E-state index in [0.717, 1.165) is 12.8 Å². The van der Waals surface area contributed by atoms with Crippen molar-refractivity contribution in [3.05, 3.63) is 12.2 Å². The second-order valence-electron chi connectivity index (χ2n) is 5.42. The maximum absolute atomic E-state index is 12.6. The molecule has 0 aromatic carbocycles. The molecule has 2 heterocycles. The van der Waals surface area contributed by atoms with Crippen molar-refractivity contribution in [1.29, 1.82) is 0 Å². The van der Waals surface area contributed by atoms with E-state index in [1.807, 2.05) is 0 Å². The van der Waals surface area contributed by atoms with Gasteiger partial charge in [-0.15, -0.1) is 0 Å². The van der Waals surface area contributed by atoms with Crippen LogP contribution in [0.4, 0.5) is 0 Å². The SMILES string of the molecule is CC1C(=O)NC(C)(C2CC2)C(=O)N1Cc1ncon1. The summed E-state index contributed by atoms with van der Waals surface area (Å²) in [5.41, 5.74) is -0.784. The third-order valence-electron chi connectivity index (χ3n) is 4.05. The number of rotatable bonds is 3. The van der Waals surface area contributed by atoms with Crippen molar-refractivity contribution in [2.75, 3.05) is 0 Å². The van der Waals surface area contributed by atoms with E-state index in [2.05, 4.69) is 20.0 Å². The number of aromatic nitrogens is 2. The topological polar surface area (TPSA) is 88.3 Å². The Morgan fingerprint density at radius 3 is 2.84 bits per heavy atom. The molecular formula is C12H16N4O3. The molecule has 102 valence electrons. The average Bonchev–Trinajstić information content (AvgIpc) is 3.12. The summed E-state index contributed by atoms with van der Waals surface area (Å²) in [6.07, 6.45) is 3.18. The maximum Gasteiger partial charge on any atom is 0.249 e. The predicted molar refractivity (Wildman–Crippen MR) is 63.6 cm³/mol. The summed E-state index contributed by atoms with van der Waals surface area (Å²) in [5, 5.41) is 6.57. The van der Waals surface area contributed by atoms with Gasteiger partial charge in [-0.2, -0.15) is 4.98 Å². The second-order valence-corrected chi connectivity index (χ2v) is 5.42. The number of amides is 2. The smallest absolute Gasteiger partial charge is 0.249 e. The lowest BCUT2D eigenvalue weighted by Gasteiger charge is -2.43. The Bertz CT molecular complexity index is 511. The first-order valence-corrected chi connectivity index (χ1v) is 6.40. The summed E-state index contributed by atoms with van der Waals surface area (Å²) in [7, 11) is 0. The summed E-state index contributed by atoms with van der Waals surface area (Å²) >= 11 is 0. The second kappa shape index (κ2) is 4.04. The number of hydrogen-bond donors (Lipinski definition) is 1. The van der Waals surface area contributed by atoms with E-state index in [1.54, 1.807) is 13.8 Å². The first kappa shape index (κ1) is 12.1. The number of carbonyl (C=O) groups excluding carboxylic acids is 2. The van der Waals surface area contributed by atoms with Gasteiger partial charge in [0.15, 0.2) is 5.82 Å². The Labute approximate surface area is 110 Å². The van der Waals surface area contributed by atoms with E-state index in [9.17, 15) is 9.59 Å². The van der Waals surface area contributed by atoms with Crippen LogP contribution < -0.4 is 5.32 Å². The number of nitrogens with one attached hydrogen (secondary N) is 1. The van der Waals surface area contributed by atoms with Gasteiger partial charge in [0.1, 0.15) is 11.6 Å². The molecule has 19 heavy (non-hydrogen) atoms. The van der Waals surface area contributed by atoms with Crippen molar-refractivity contribution in [3.8, 4) is 0 Å². The molecule has 7 nitrogen and oxygen atoms in total. The molecule has 1 aliphatic heterocycles. The molecule has 2 atom stereocenters. The first-order chi connectivity index (χ1) is 9.02. The molecular weight excluding hydrogens is 248 g/mol. The number of nitrogens with zero attached hydrogens (tertiary/aromatic N) is 3. The third kappa shape index (κ3) is 1.89. The highest BCUT2D eigenvalue weighted by molar-refractivity contribution is 5.99. The Morgan fingerprint density at radius 1 is 1.53 bits per heavy atom. The van der Waals surface area contributed by atoms with Gasteiger partial charge >= 0.3 is 0 Å². The summed E-state index contributed by atoms with van der Waals surface area (Å²) < 4.78 is 4.67. The molecule has 1 saturated heterocycles. The van der Waals surface area contributed by atoms with Gasteiger partial charge in [-0.05, 0) is 32.6 Å². The van der Waals surface area contributed by atoms with Crippen LogP contribution in [0.1, 0.15) is 32.5 Å². The van der Waals surface area contributed by atoms with Gasteiger partial charge in [-0.25, -0.2) is 0 Å². The minimum absolute atomic E-state index is 0.0631. The normalized spacial score (nSPS) is 31.5. The van der Waals surface area contributed by atoms with E-state index >= 15 is 0 Å². The van der Waals surface area contributed by atoms with Crippen molar-refractivity contribution >= 4 is 11.8 Å². The Kier molecular flexibility index (Phi) is 2.58. The van der Waals surface area contributed by atoms with Crippen LogP contribution in [0.3, 0.4) is 0 Å². The fraction of sp³-hybridized carbons (Fsp3) is 0.667. The predicted octanol–water partition coefficient (Wildman–Crippen LogP) is 0.0852. The standard InChI is InChI=1S/C12H16N4O3/c1-7-10(17)14-12(2,8-3-4-8)11(18)16(7)5-9-13-6-19-15-9/h6-8H,3-5H2,1-2H3,(H,14,17).